The minimum atomic E-state index is -0.454. The standard InChI is InChI=1S/C24H20O5/c1-26-18-10-11-22(27-2)20(13-18)21-12-17-8-9-19(14-23(17)29-24(21)25)28-15-16-6-4-3-5-7-16/h3-14H,15H2,1-2H3. The second kappa shape index (κ2) is 8.10. The smallest absolute Gasteiger partial charge is 0.344 e. The van der Waals surface area contributed by atoms with E-state index in [1.807, 2.05) is 42.5 Å². The lowest BCUT2D eigenvalue weighted by molar-refractivity contribution is 0.306. The molecule has 0 bridgehead atoms. The monoisotopic (exact) mass is 388 g/mol. The number of rotatable bonds is 6. The maximum atomic E-state index is 12.7. The fourth-order valence-corrected chi connectivity index (χ4v) is 3.13. The van der Waals surface area contributed by atoms with Gasteiger partial charge in [0.2, 0.25) is 0 Å². The molecule has 5 heteroatoms. The van der Waals surface area contributed by atoms with Crippen molar-refractivity contribution in [1.82, 2.24) is 0 Å². The highest BCUT2D eigenvalue weighted by molar-refractivity contribution is 5.84. The number of hydrogen-bond acceptors (Lipinski definition) is 5. The van der Waals surface area contributed by atoms with Gasteiger partial charge in [0.05, 0.1) is 19.8 Å². The average molecular weight is 388 g/mol. The van der Waals surface area contributed by atoms with Crippen molar-refractivity contribution >= 4 is 11.0 Å². The third kappa shape index (κ3) is 3.94. The summed E-state index contributed by atoms with van der Waals surface area (Å²) in [7, 11) is 3.13. The number of methoxy groups -OCH3 is 2. The number of fused-ring (bicyclic) bond motifs is 1. The van der Waals surface area contributed by atoms with Crippen molar-refractivity contribution in [3.63, 3.8) is 0 Å². The topological polar surface area (TPSA) is 57.9 Å². The van der Waals surface area contributed by atoms with Crippen molar-refractivity contribution in [3.05, 3.63) is 88.8 Å². The summed E-state index contributed by atoms with van der Waals surface area (Å²) in [6.07, 6.45) is 0. The molecular formula is C24H20O5. The van der Waals surface area contributed by atoms with E-state index in [4.69, 9.17) is 18.6 Å². The summed E-state index contributed by atoms with van der Waals surface area (Å²) in [5.74, 6) is 1.83. The highest BCUT2D eigenvalue weighted by atomic mass is 16.5. The predicted molar refractivity (Wildman–Crippen MR) is 112 cm³/mol. The summed E-state index contributed by atoms with van der Waals surface area (Å²) in [6.45, 7) is 0.440. The van der Waals surface area contributed by atoms with Gasteiger partial charge in [-0.25, -0.2) is 4.79 Å². The molecule has 29 heavy (non-hydrogen) atoms. The van der Waals surface area contributed by atoms with E-state index in [2.05, 4.69) is 0 Å². The first-order valence-corrected chi connectivity index (χ1v) is 9.15. The zero-order valence-electron chi connectivity index (χ0n) is 16.2. The molecule has 0 aliphatic carbocycles. The lowest BCUT2D eigenvalue weighted by Gasteiger charge is -2.11. The van der Waals surface area contributed by atoms with E-state index in [0.717, 1.165) is 10.9 Å². The van der Waals surface area contributed by atoms with Crippen molar-refractivity contribution in [1.29, 1.82) is 0 Å². The molecule has 0 radical (unpaired) electrons. The molecule has 0 N–H and O–H groups in total. The van der Waals surface area contributed by atoms with Gasteiger partial charge in [0.25, 0.3) is 0 Å². The molecule has 0 saturated heterocycles. The van der Waals surface area contributed by atoms with Crippen molar-refractivity contribution in [2.45, 2.75) is 6.61 Å². The quantitative estimate of drug-likeness (QED) is 0.432. The Hall–Kier alpha value is -3.73. The first-order valence-electron chi connectivity index (χ1n) is 9.15. The third-order valence-corrected chi connectivity index (χ3v) is 4.65. The van der Waals surface area contributed by atoms with E-state index >= 15 is 0 Å². The van der Waals surface area contributed by atoms with Crippen LogP contribution in [0.4, 0.5) is 0 Å². The van der Waals surface area contributed by atoms with Gasteiger partial charge in [-0.1, -0.05) is 30.3 Å². The highest BCUT2D eigenvalue weighted by Gasteiger charge is 2.14. The lowest BCUT2D eigenvalue weighted by Crippen LogP contribution is -2.04. The Morgan fingerprint density at radius 1 is 0.793 bits per heavy atom. The highest BCUT2D eigenvalue weighted by Crippen LogP contribution is 2.33. The van der Waals surface area contributed by atoms with Gasteiger partial charge in [0.15, 0.2) is 0 Å². The van der Waals surface area contributed by atoms with E-state index in [9.17, 15) is 4.79 Å². The molecule has 0 unspecified atom stereocenters. The largest absolute Gasteiger partial charge is 0.497 e. The van der Waals surface area contributed by atoms with E-state index in [1.54, 1.807) is 44.6 Å². The summed E-state index contributed by atoms with van der Waals surface area (Å²) in [5.41, 5.74) is 2.10. The molecule has 4 aromatic rings. The Bertz CT molecular complexity index is 1200. The molecule has 3 aromatic carbocycles. The fraction of sp³-hybridized carbons (Fsp3) is 0.125. The average Bonchev–Trinajstić information content (AvgIpc) is 2.77. The molecule has 0 aliphatic heterocycles. The maximum Gasteiger partial charge on any atom is 0.344 e. The molecule has 0 atom stereocenters. The minimum Gasteiger partial charge on any atom is -0.497 e. The molecule has 146 valence electrons. The van der Waals surface area contributed by atoms with Crippen LogP contribution in [0.3, 0.4) is 0 Å². The van der Waals surface area contributed by atoms with Crippen LogP contribution in [-0.2, 0) is 6.61 Å². The van der Waals surface area contributed by atoms with Gasteiger partial charge in [-0.05, 0) is 42.0 Å². The van der Waals surface area contributed by atoms with Crippen molar-refractivity contribution in [2.75, 3.05) is 14.2 Å². The third-order valence-electron chi connectivity index (χ3n) is 4.65. The van der Waals surface area contributed by atoms with Crippen LogP contribution in [0.2, 0.25) is 0 Å². The number of ether oxygens (including phenoxy) is 3. The summed E-state index contributed by atoms with van der Waals surface area (Å²) in [4.78, 5) is 12.7. The second-order valence-corrected chi connectivity index (χ2v) is 6.49. The normalized spacial score (nSPS) is 10.7. The SMILES string of the molecule is COc1ccc(OC)c(-c2cc3ccc(OCc4ccccc4)cc3oc2=O)c1. The Kier molecular flexibility index (Phi) is 5.20. The summed E-state index contributed by atoms with van der Waals surface area (Å²) >= 11 is 0. The molecule has 0 spiro atoms. The zero-order valence-corrected chi connectivity index (χ0v) is 16.2. The first-order chi connectivity index (χ1) is 14.2. The van der Waals surface area contributed by atoms with E-state index < -0.39 is 5.63 Å². The predicted octanol–water partition coefficient (Wildman–Crippen LogP) is 5.06. The van der Waals surface area contributed by atoms with Gasteiger partial charge in [0.1, 0.15) is 29.4 Å². The van der Waals surface area contributed by atoms with Crippen LogP contribution >= 0.6 is 0 Å². The second-order valence-electron chi connectivity index (χ2n) is 6.49. The molecule has 4 rings (SSSR count). The van der Waals surface area contributed by atoms with Crippen LogP contribution in [0.25, 0.3) is 22.1 Å². The van der Waals surface area contributed by atoms with Crippen molar-refractivity contribution in [3.8, 4) is 28.4 Å². The molecule has 1 aromatic heterocycles. The Morgan fingerprint density at radius 2 is 1.59 bits per heavy atom. The number of benzene rings is 3. The number of hydrogen-bond donors (Lipinski definition) is 0. The van der Waals surface area contributed by atoms with Gasteiger partial charge in [-0.3, -0.25) is 0 Å². The van der Waals surface area contributed by atoms with Gasteiger partial charge in [-0.2, -0.15) is 0 Å². The molecule has 0 amide bonds. The molecule has 1 heterocycles. The fourth-order valence-electron chi connectivity index (χ4n) is 3.13. The van der Waals surface area contributed by atoms with Crippen LogP contribution in [-0.4, -0.2) is 14.2 Å². The Labute approximate surface area is 168 Å². The van der Waals surface area contributed by atoms with E-state index in [-0.39, 0.29) is 0 Å². The van der Waals surface area contributed by atoms with Crippen molar-refractivity contribution in [2.24, 2.45) is 0 Å². The van der Waals surface area contributed by atoms with Crippen molar-refractivity contribution < 1.29 is 18.6 Å². The molecule has 0 saturated carbocycles. The van der Waals surface area contributed by atoms with Crippen LogP contribution in [0, 0.1) is 0 Å². The summed E-state index contributed by atoms with van der Waals surface area (Å²) in [6, 6.07) is 22.4. The van der Waals surface area contributed by atoms with Crippen LogP contribution in [0.1, 0.15) is 5.56 Å². The molecule has 5 nitrogen and oxygen atoms in total. The summed E-state index contributed by atoms with van der Waals surface area (Å²) in [5, 5.41) is 0.788. The lowest BCUT2D eigenvalue weighted by atomic mass is 10.0. The minimum absolute atomic E-state index is 0.409. The van der Waals surface area contributed by atoms with Gasteiger partial charge < -0.3 is 18.6 Å². The zero-order chi connectivity index (χ0) is 20.2. The van der Waals surface area contributed by atoms with E-state index in [1.165, 1.54) is 0 Å². The first kappa shape index (κ1) is 18.6. The van der Waals surface area contributed by atoms with Gasteiger partial charge in [0, 0.05) is 17.0 Å². The molecule has 0 fully saturated rings. The van der Waals surface area contributed by atoms with Gasteiger partial charge >= 0.3 is 5.63 Å². The Balaban J connectivity index is 1.69. The van der Waals surface area contributed by atoms with Crippen LogP contribution in [0.15, 0.2) is 82.0 Å². The van der Waals surface area contributed by atoms with E-state index in [0.29, 0.717) is 40.6 Å². The maximum absolute atomic E-state index is 12.7. The summed E-state index contributed by atoms with van der Waals surface area (Å²) < 4.78 is 22.1. The molecular weight excluding hydrogens is 368 g/mol. The van der Waals surface area contributed by atoms with Crippen LogP contribution in [0.5, 0.6) is 17.2 Å². The van der Waals surface area contributed by atoms with Crippen LogP contribution < -0.4 is 19.8 Å². The van der Waals surface area contributed by atoms with Gasteiger partial charge in [-0.15, -0.1) is 0 Å². The Morgan fingerprint density at radius 3 is 2.34 bits per heavy atom. The molecule has 0 aliphatic rings.